The molecule has 0 saturated carbocycles. The number of hydrogen-bond donors (Lipinski definition) is 3. The van der Waals surface area contributed by atoms with E-state index in [2.05, 4.69) is 5.32 Å². The topological polar surface area (TPSA) is 90.4 Å². The zero-order chi connectivity index (χ0) is 12.0. The van der Waals surface area contributed by atoms with Crippen LogP contribution in [0.15, 0.2) is 24.3 Å². The zero-order valence-corrected chi connectivity index (χ0v) is 9.27. The number of carbonyl (C=O) groups excluding carboxylic acids is 1. The van der Waals surface area contributed by atoms with E-state index < -0.39 is 11.9 Å². The predicted molar refractivity (Wildman–Crippen MR) is 61.9 cm³/mol. The highest BCUT2D eigenvalue weighted by atomic mass is 16.5. The molecule has 5 heteroatoms. The van der Waals surface area contributed by atoms with Crippen LogP contribution < -0.4 is 21.5 Å². The van der Waals surface area contributed by atoms with Crippen molar-refractivity contribution in [2.75, 3.05) is 13.7 Å². The Morgan fingerprint density at radius 2 is 2.31 bits per heavy atom. The van der Waals surface area contributed by atoms with Crippen molar-refractivity contribution >= 4 is 5.91 Å². The quantitative estimate of drug-likeness (QED) is 0.612. The molecule has 5 N–H and O–H groups in total. The molecule has 1 atom stereocenters. The lowest BCUT2D eigenvalue weighted by molar-refractivity contribution is -0.119. The Kier molecular flexibility index (Phi) is 4.75. The number of rotatable bonds is 6. The summed E-state index contributed by atoms with van der Waals surface area (Å²) >= 11 is 0. The lowest BCUT2D eigenvalue weighted by Gasteiger charge is -2.09. The second kappa shape index (κ2) is 6.09. The smallest absolute Gasteiger partial charge is 0.235 e. The van der Waals surface area contributed by atoms with Crippen molar-refractivity contribution in [3.63, 3.8) is 0 Å². The van der Waals surface area contributed by atoms with E-state index in [1.165, 1.54) is 0 Å². The number of ether oxygens (including phenoxy) is 1. The Bertz CT molecular complexity index is 355. The largest absolute Gasteiger partial charge is 0.497 e. The first-order chi connectivity index (χ1) is 7.63. The minimum Gasteiger partial charge on any atom is -0.497 e. The highest BCUT2D eigenvalue weighted by Crippen LogP contribution is 2.11. The molecular formula is C11H17N3O2. The van der Waals surface area contributed by atoms with Crippen molar-refractivity contribution in [2.24, 2.45) is 11.5 Å². The van der Waals surface area contributed by atoms with Gasteiger partial charge in [0.25, 0.3) is 0 Å². The number of nitrogens with two attached hydrogens (primary N) is 2. The van der Waals surface area contributed by atoms with Crippen LogP contribution in [0.2, 0.25) is 0 Å². The van der Waals surface area contributed by atoms with Gasteiger partial charge in [0.05, 0.1) is 13.2 Å². The van der Waals surface area contributed by atoms with Crippen molar-refractivity contribution in [2.45, 2.75) is 12.6 Å². The molecule has 0 aliphatic carbocycles. The van der Waals surface area contributed by atoms with Crippen LogP contribution in [-0.2, 0) is 11.3 Å². The normalized spacial score (nSPS) is 12.1. The van der Waals surface area contributed by atoms with Gasteiger partial charge in [-0.05, 0) is 17.7 Å². The molecule has 0 fully saturated rings. The molecule has 1 aromatic rings. The summed E-state index contributed by atoms with van der Waals surface area (Å²) in [5.41, 5.74) is 11.6. The van der Waals surface area contributed by atoms with Crippen LogP contribution in [0, 0.1) is 0 Å². The first-order valence-electron chi connectivity index (χ1n) is 5.02. The third kappa shape index (κ3) is 3.88. The molecule has 0 bridgehead atoms. The molecule has 88 valence electrons. The fourth-order valence-corrected chi connectivity index (χ4v) is 1.26. The van der Waals surface area contributed by atoms with Crippen LogP contribution in [0.25, 0.3) is 0 Å². The Morgan fingerprint density at radius 3 is 2.94 bits per heavy atom. The van der Waals surface area contributed by atoms with E-state index >= 15 is 0 Å². The van der Waals surface area contributed by atoms with Crippen LogP contribution in [-0.4, -0.2) is 25.6 Å². The van der Waals surface area contributed by atoms with Gasteiger partial charge in [-0.15, -0.1) is 0 Å². The summed E-state index contributed by atoms with van der Waals surface area (Å²) in [4.78, 5) is 10.7. The average Bonchev–Trinajstić information content (AvgIpc) is 2.29. The van der Waals surface area contributed by atoms with Crippen LogP contribution in [0.3, 0.4) is 0 Å². The maximum Gasteiger partial charge on any atom is 0.235 e. The van der Waals surface area contributed by atoms with Gasteiger partial charge in [-0.2, -0.15) is 0 Å². The Morgan fingerprint density at radius 1 is 1.56 bits per heavy atom. The number of benzene rings is 1. The van der Waals surface area contributed by atoms with Crippen LogP contribution >= 0.6 is 0 Å². The fourth-order valence-electron chi connectivity index (χ4n) is 1.26. The number of methoxy groups -OCH3 is 1. The van der Waals surface area contributed by atoms with Gasteiger partial charge in [-0.1, -0.05) is 12.1 Å². The van der Waals surface area contributed by atoms with Crippen LogP contribution in [0.4, 0.5) is 0 Å². The van der Waals surface area contributed by atoms with E-state index in [-0.39, 0.29) is 0 Å². The molecule has 16 heavy (non-hydrogen) atoms. The van der Waals surface area contributed by atoms with Gasteiger partial charge in [0.15, 0.2) is 0 Å². The lowest BCUT2D eigenvalue weighted by atomic mass is 10.2. The van der Waals surface area contributed by atoms with Crippen molar-refractivity contribution in [3.05, 3.63) is 29.8 Å². The van der Waals surface area contributed by atoms with Crippen molar-refractivity contribution < 1.29 is 9.53 Å². The number of primary amides is 1. The maximum atomic E-state index is 10.7. The molecule has 1 unspecified atom stereocenters. The van der Waals surface area contributed by atoms with E-state index in [1.54, 1.807) is 7.11 Å². The van der Waals surface area contributed by atoms with Gasteiger partial charge in [0.1, 0.15) is 5.75 Å². The number of nitrogens with one attached hydrogen (secondary N) is 1. The van der Waals surface area contributed by atoms with Crippen molar-refractivity contribution in [1.82, 2.24) is 5.32 Å². The summed E-state index contributed by atoms with van der Waals surface area (Å²) in [6.45, 7) is 0.991. The summed E-state index contributed by atoms with van der Waals surface area (Å²) in [7, 11) is 1.62. The van der Waals surface area contributed by atoms with E-state index in [0.29, 0.717) is 13.1 Å². The minimum atomic E-state index is -0.648. The van der Waals surface area contributed by atoms with Gasteiger partial charge >= 0.3 is 0 Å². The minimum absolute atomic E-state index is 0.368. The Hall–Kier alpha value is -1.59. The molecule has 0 aliphatic heterocycles. The third-order valence-corrected chi connectivity index (χ3v) is 2.19. The first kappa shape index (κ1) is 12.5. The molecule has 1 rings (SSSR count). The molecule has 1 amide bonds. The number of carbonyl (C=O) groups is 1. The van der Waals surface area contributed by atoms with E-state index in [0.717, 1.165) is 11.3 Å². The molecule has 1 aromatic carbocycles. The monoisotopic (exact) mass is 223 g/mol. The third-order valence-electron chi connectivity index (χ3n) is 2.19. The number of hydrogen-bond acceptors (Lipinski definition) is 4. The highest BCUT2D eigenvalue weighted by Gasteiger charge is 2.07. The maximum absolute atomic E-state index is 10.7. The summed E-state index contributed by atoms with van der Waals surface area (Å²) in [5, 5.41) is 3.05. The Balaban J connectivity index is 2.39. The summed E-state index contributed by atoms with van der Waals surface area (Å²) < 4.78 is 5.09. The van der Waals surface area contributed by atoms with Crippen LogP contribution in [0.1, 0.15) is 5.56 Å². The molecule has 0 radical (unpaired) electrons. The van der Waals surface area contributed by atoms with Gasteiger partial charge in [0.2, 0.25) is 5.91 Å². The molecule has 0 aliphatic rings. The second-order valence-corrected chi connectivity index (χ2v) is 3.49. The van der Waals surface area contributed by atoms with Crippen molar-refractivity contribution in [1.29, 1.82) is 0 Å². The molecule has 0 aromatic heterocycles. The molecular weight excluding hydrogens is 206 g/mol. The molecule has 0 saturated heterocycles. The lowest BCUT2D eigenvalue weighted by Crippen LogP contribution is -2.44. The zero-order valence-electron chi connectivity index (χ0n) is 9.27. The second-order valence-electron chi connectivity index (χ2n) is 3.49. The molecule has 0 heterocycles. The average molecular weight is 223 g/mol. The summed E-state index contributed by atoms with van der Waals surface area (Å²) in [6, 6.07) is 7.02. The van der Waals surface area contributed by atoms with E-state index in [1.807, 2.05) is 24.3 Å². The number of amides is 1. The van der Waals surface area contributed by atoms with E-state index in [4.69, 9.17) is 16.2 Å². The Labute approximate surface area is 94.8 Å². The van der Waals surface area contributed by atoms with Crippen LogP contribution in [0.5, 0.6) is 5.75 Å². The predicted octanol–water partition coefficient (Wildman–Crippen LogP) is -0.403. The standard InChI is InChI=1S/C11H17N3O2/c1-16-9-4-2-3-8(5-9)6-14-7-10(12)11(13)15/h2-5,10,14H,6-7,12H2,1H3,(H2,13,15). The van der Waals surface area contributed by atoms with Gasteiger partial charge < -0.3 is 21.5 Å². The molecule has 5 nitrogen and oxygen atoms in total. The highest BCUT2D eigenvalue weighted by molar-refractivity contribution is 5.79. The molecule has 0 spiro atoms. The van der Waals surface area contributed by atoms with Gasteiger partial charge in [0, 0.05) is 13.1 Å². The first-order valence-corrected chi connectivity index (χ1v) is 5.02. The van der Waals surface area contributed by atoms with Gasteiger partial charge in [-0.3, -0.25) is 4.79 Å². The van der Waals surface area contributed by atoms with Gasteiger partial charge in [-0.25, -0.2) is 0 Å². The SMILES string of the molecule is COc1cccc(CNCC(N)C(N)=O)c1. The summed E-state index contributed by atoms with van der Waals surface area (Å²) in [6.07, 6.45) is 0. The summed E-state index contributed by atoms with van der Waals surface area (Å²) in [5.74, 6) is 0.302. The van der Waals surface area contributed by atoms with E-state index in [9.17, 15) is 4.79 Å². The fraction of sp³-hybridized carbons (Fsp3) is 0.364. The van der Waals surface area contributed by atoms with Crippen molar-refractivity contribution in [3.8, 4) is 5.75 Å².